The van der Waals surface area contributed by atoms with Crippen LogP contribution in [0.15, 0.2) is 30.5 Å². The number of hydrogen-bond acceptors (Lipinski definition) is 2. The van der Waals surface area contributed by atoms with Crippen LogP contribution in [0, 0.1) is 0 Å². The molecule has 1 aromatic heterocycles. The first-order chi connectivity index (χ1) is 6.98. The van der Waals surface area contributed by atoms with E-state index >= 15 is 0 Å². The van der Waals surface area contributed by atoms with Gasteiger partial charge in [-0.3, -0.25) is 4.98 Å². The molecule has 0 aliphatic carbocycles. The summed E-state index contributed by atoms with van der Waals surface area (Å²) in [7, 11) is 0. The molecular weight excluding hydrogens is 205 g/mol. The number of halogens is 3. The van der Waals surface area contributed by atoms with E-state index in [-0.39, 0.29) is 5.69 Å². The quantitative estimate of drug-likeness (QED) is 0.682. The average Bonchev–Trinajstić information content (AvgIpc) is 2.15. The van der Waals surface area contributed by atoms with E-state index in [0.29, 0.717) is 10.9 Å². The third kappa shape index (κ3) is 1.72. The van der Waals surface area contributed by atoms with E-state index in [2.05, 4.69) is 4.98 Å². The Kier molecular flexibility index (Phi) is 2.03. The molecular formula is C10H7F3N2. The van der Waals surface area contributed by atoms with Crippen molar-refractivity contribution in [1.82, 2.24) is 4.98 Å². The number of nitrogen functional groups attached to an aromatic ring is 1. The summed E-state index contributed by atoms with van der Waals surface area (Å²) in [5.74, 6) is 0. The van der Waals surface area contributed by atoms with Crippen LogP contribution < -0.4 is 5.73 Å². The second kappa shape index (κ2) is 3.12. The molecule has 5 heteroatoms. The lowest BCUT2D eigenvalue weighted by Gasteiger charge is -2.10. The minimum atomic E-state index is -4.43. The smallest absolute Gasteiger partial charge is 0.398 e. The largest absolute Gasteiger partial charge is 0.418 e. The zero-order valence-electron chi connectivity index (χ0n) is 7.55. The van der Waals surface area contributed by atoms with Gasteiger partial charge >= 0.3 is 6.18 Å². The molecule has 0 radical (unpaired) electrons. The van der Waals surface area contributed by atoms with Crippen molar-refractivity contribution in [2.75, 3.05) is 5.73 Å². The molecule has 0 bridgehead atoms. The molecule has 15 heavy (non-hydrogen) atoms. The van der Waals surface area contributed by atoms with E-state index in [1.54, 1.807) is 12.1 Å². The van der Waals surface area contributed by atoms with Gasteiger partial charge < -0.3 is 5.73 Å². The summed E-state index contributed by atoms with van der Waals surface area (Å²) >= 11 is 0. The standard InChI is InChI=1S/C10H7F3N2/c11-10(12,13)7-5-9-6(4-8(7)14)2-1-3-15-9/h1-5H,14H2. The number of rotatable bonds is 0. The van der Waals surface area contributed by atoms with Gasteiger partial charge in [0.25, 0.3) is 0 Å². The Morgan fingerprint density at radius 1 is 1.20 bits per heavy atom. The lowest BCUT2D eigenvalue weighted by molar-refractivity contribution is -0.136. The molecule has 2 nitrogen and oxygen atoms in total. The number of fused-ring (bicyclic) bond motifs is 1. The van der Waals surface area contributed by atoms with Gasteiger partial charge in [0, 0.05) is 17.3 Å². The first-order valence-corrected chi connectivity index (χ1v) is 4.20. The van der Waals surface area contributed by atoms with Crippen LogP contribution in [-0.2, 0) is 6.18 Å². The lowest BCUT2D eigenvalue weighted by Crippen LogP contribution is -2.08. The highest BCUT2D eigenvalue weighted by Crippen LogP contribution is 2.35. The van der Waals surface area contributed by atoms with Gasteiger partial charge in [-0.05, 0) is 18.2 Å². The minimum absolute atomic E-state index is 0.275. The summed E-state index contributed by atoms with van der Waals surface area (Å²) in [6, 6.07) is 5.56. The number of anilines is 1. The fourth-order valence-corrected chi connectivity index (χ4v) is 1.38. The molecule has 2 rings (SSSR count). The van der Waals surface area contributed by atoms with Crippen molar-refractivity contribution in [2.24, 2.45) is 0 Å². The Balaban J connectivity index is 2.73. The van der Waals surface area contributed by atoms with Gasteiger partial charge in [-0.1, -0.05) is 6.07 Å². The maximum atomic E-state index is 12.5. The van der Waals surface area contributed by atoms with Crippen LogP contribution in [0.5, 0.6) is 0 Å². The highest BCUT2D eigenvalue weighted by molar-refractivity contribution is 5.83. The SMILES string of the molecule is Nc1cc2cccnc2cc1C(F)(F)F. The van der Waals surface area contributed by atoms with E-state index in [4.69, 9.17) is 5.73 Å². The van der Waals surface area contributed by atoms with E-state index in [1.807, 2.05) is 0 Å². The van der Waals surface area contributed by atoms with Gasteiger partial charge in [0.1, 0.15) is 0 Å². The monoisotopic (exact) mass is 212 g/mol. The third-order valence-corrected chi connectivity index (χ3v) is 2.08. The topological polar surface area (TPSA) is 38.9 Å². The zero-order chi connectivity index (χ0) is 11.1. The predicted octanol–water partition coefficient (Wildman–Crippen LogP) is 2.84. The highest BCUT2D eigenvalue weighted by atomic mass is 19.4. The molecule has 0 atom stereocenters. The molecule has 0 saturated carbocycles. The molecule has 0 aliphatic rings. The second-order valence-electron chi connectivity index (χ2n) is 3.13. The molecule has 0 fully saturated rings. The Labute approximate surface area is 83.5 Å². The van der Waals surface area contributed by atoms with Crippen molar-refractivity contribution in [1.29, 1.82) is 0 Å². The first-order valence-electron chi connectivity index (χ1n) is 4.20. The van der Waals surface area contributed by atoms with Crippen molar-refractivity contribution < 1.29 is 13.2 Å². The molecule has 2 aromatic rings. The number of benzene rings is 1. The summed E-state index contributed by atoms with van der Waals surface area (Å²) in [5, 5.41) is 0.600. The predicted molar refractivity (Wildman–Crippen MR) is 51.2 cm³/mol. The Bertz CT molecular complexity index is 505. The van der Waals surface area contributed by atoms with Crippen molar-refractivity contribution in [3.05, 3.63) is 36.0 Å². The molecule has 2 N–H and O–H groups in total. The normalized spacial score (nSPS) is 11.9. The van der Waals surface area contributed by atoms with E-state index in [9.17, 15) is 13.2 Å². The van der Waals surface area contributed by atoms with Crippen molar-refractivity contribution in [3.63, 3.8) is 0 Å². The number of aromatic nitrogens is 1. The van der Waals surface area contributed by atoms with Crippen molar-refractivity contribution >= 4 is 16.6 Å². The van der Waals surface area contributed by atoms with E-state index in [1.165, 1.54) is 12.3 Å². The summed E-state index contributed by atoms with van der Waals surface area (Å²) in [6.07, 6.45) is -2.99. The van der Waals surface area contributed by atoms with Crippen LogP contribution in [0.25, 0.3) is 10.9 Å². The Morgan fingerprint density at radius 3 is 2.60 bits per heavy atom. The number of alkyl halides is 3. The van der Waals surface area contributed by atoms with Gasteiger partial charge in [0.2, 0.25) is 0 Å². The number of nitrogens with zero attached hydrogens (tertiary/aromatic N) is 1. The maximum absolute atomic E-state index is 12.5. The molecule has 1 heterocycles. The number of pyridine rings is 1. The molecule has 0 unspecified atom stereocenters. The van der Waals surface area contributed by atoms with E-state index < -0.39 is 11.7 Å². The minimum Gasteiger partial charge on any atom is -0.398 e. The van der Waals surface area contributed by atoms with Crippen LogP contribution in [0.2, 0.25) is 0 Å². The second-order valence-corrected chi connectivity index (χ2v) is 3.13. The highest BCUT2D eigenvalue weighted by Gasteiger charge is 2.33. The van der Waals surface area contributed by atoms with Gasteiger partial charge in [0.05, 0.1) is 11.1 Å². The number of hydrogen-bond donors (Lipinski definition) is 1. The summed E-state index contributed by atoms with van der Waals surface area (Å²) in [5.41, 5.74) is 4.50. The third-order valence-electron chi connectivity index (χ3n) is 2.08. The zero-order valence-corrected chi connectivity index (χ0v) is 7.55. The molecule has 78 valence electrons. The van der Waals surface area contributed by atoms with Crippen LogP contribution in [0.3, 0.4) is 0 Å². The summed E-state index contributed by atoms with van der Waals surface area (Å²) in [6.45, 7) is 0. The van der Waals surface area contributed by atoms with Crippen LogP contribution in [0.4, 0.5) is 18.9 Å². The molecule has 0 spiro atoms. The van der Waals surface area contributed by atoms with Gasteiger partial charge in [-0.25, -0.2) is 0 Å². The molecule has 0 saturated heterocycles. The van der Waals surface area contributed by atoms with Crippen LogP contribution >= 0.6 is 0 Å². The Morgan fingerprint density at radius 2 is 1.93 bits per heavy atom. The summed E-state index contributed by atoms with van der Waals surface area (Å²) < 4.78 is 37.4. The fraction of sp³-hybridized carbons (Fsp3) is 0.100. The van der Waals surface area contributed by atoms with Gasteiger partial charge in [-0.2, -0.15) is 13.2 Å². The van der Waals surface area contributed by atoms with E-state index in [0.717, 1.165) is 6.07 Å². The van der Waals surface area contributed by atoms with Gasteiger partial charge in [-0.15, -0.1) is 0 Å². The first kappa shape index (κ1) is 9.76. The molecule has 0 aliphatic heterocycles. The van der Waals surface area contributed by atoms with Gasteiger partial charge in [0.15, 0.2) is 0 Å². The van der Waals surface area contributed by atoms with Crippen molar-refractivity contribution in [3.8, 4) is 0 Å². The average molecular weight is 212 g/mol. The van der Waals surface area contributed by atoms with Crippen LogP contribution in [0.1, 0.15) is 5.56 Å². The van der Waals surface area contributed by atoms with Crippen molar-refractivity contribution in [2.45, 2.75) is 6.18 Å². The summed E-state index contributed by atoms with van der Waals surface area (Å²) in [4.78, 5) is 3.84. The van der Waals surface area contributed by atoms with Crippen LogP contribution in [-0.4, -0.2) is 4.98 Å². The Hall–Kier alpha value is -1.78. The lowest BCUT2D eigenvalue weighted by atomic mass is 10.1. The molecule has 1 aromatic carbocycles. The fourth-order valence-electron chi connectivity index (χ4n) is 1.38. The maximum Gasteiger partial charge on any atom is 0.418 e. The molecule has 0 amide bonds. The number of nitrogens with two attached hydrogens (primary N) is 1.